The molecular formula is C33H37N5O6S. The molecule has 1 amide bonds. The molecule has 3 N–H and O–H groups in total. The van der Waals surface area contributed by atoms with Gasteiger partial charge in [-0.2, -0.15) is 0 Å². The SMILES string of the molecule is Cn1nnnc1SC[C@@H]1C[C@H](c2ccc(CO)cc2)O[C@H](c2ccc(-c3ccccc3CNC(=O)CCCCC(=O)O)cc2)O1. The van der Waals surface area contributed by atoms with Crippen LogP contribution in [-0.2, 0) is 39.3 Å². The summed E-state index contributed by atoms with van der Waals surface area (Å²) in [5.74, 6) is -0.295. The number of ether oxygens (including phenoxy) is 2. The Morgan fingerprint density at radius 1 is 0.978 bits per heavy atom. The molecule has 3 aromatic carbocycles. The number of tetrazole rings is 1. The maximum atomic E-state index is 12.3. The summed E-state index contributed by atoms with van der Waals surface area (Å²) >= 11 is 1.53. The molecular weight excluding hydrogens is 594 g/mol. The summed E-state index contributed by atoms with van der Waals surface area (Å²) in [6.45, 7) is 0.362. The highest BCUT2D eigenvalue weighted by Crippen LogP contribution is 2.39. The molecule has 12 heteroatoms. The first-order chi connectivity index (χ1) is 21.9. The number of nitrogens with zero attached hydrogens (tertiary/aromatic N) is 4. The fourth-order valence-corrected chi connectivity index (χ4v) is 6.02. The van der Waals surface area contributed by atoms with E-state index in [2.05, 4.69) is 20.8 Å². The average Bonchev–Trinajstić information content (AvgIpc) is 3.49. The Morgan fingerprint density at radius 2 is 1.71 bits per heavy atom. The molecule has 45 heavy (non-hydrogen) atoms. The maximum Gasteiger partial charge on any atom is 0.303 e. The topological polar surface area (TPSA) is 149 Å². The highest BCUT2D eigenvalue weighted by molar-refractivity contribution is 7.99. The van der Waals surface area contributed by atoms with Crippen molar-refractivity contribution in [3.05, 3.63) is 95.1 Å². The van der Waals surface area contributed by atoms with Crippen molar-refractivity contribution in [2.75, 3.05) is 5.75 Å². The Bertz CT molecular complexity index is 1560. The van der Waals surface area contributed by atoms with Crippen molar-refractivity contribution >= 4 is 23.6 Å². The third-order valence-corrected chi connectivity index (χ3v) is 8.77. The third-order valence-electron chi connectivity index (χ3n) is 7.63. The number of aliphatic hydroxyl groups is 1. The first-order valence-corrected chi connectivity index (χ1v) is 15.9. The molecule has 5 rings (SSSR count). The molecule has 4 aromatic rings. The minimum atomic E-state index is -0.847. The monoisotopic (exact) mass is 631 g/mol. The van der Waals surface area contributed by atoms with Gasteiger partial charge in [0.1, 0.15) is 0 Å². The smallest absolute Gasteiger partial charge is 0.303 e. The van der Waals surface area contributed by atoms with Crippen LogP contribution in [0.4, 0.5) is 0 Å². The number of carboxylic acid groups (broad SMARTS) is 1. The molecule has 1 aliphatic heterocycles. The van der Waals surface area contributed by atoms with Crippen molar-refractivity contribution in [1.82, 2.24) is 25.5 Å². The zero-order valence-corrected chi connectivity index (χ0v) is 25.9. The van der Waals surface area contributed by atoms with E-state index in [1.807, 2.05) is 72.8 Å². The maximum absolute atomic E-state index is 12.3. The quantitative estimate of drug-likeness (QED) is 0.129. The third kappa shape index (κ3) is 8.98. The lowest BCUT2D eigenvalue weighted by Crippen LogP contribution is -2.31. The van der Waals surface area contributed by atoms with Gasteiger partial charge in [-0.05, 0) is 51.1 Å². The zero-order chi connectivity index (χ0) is 31.6. The van der Waals surface area contributed by atoms with Gasteiger partial charge in [-0.3, -0.25) is 9.59 Å². The van der Waals surface area contributed by atoms with Crippen LogP contribution >= 0.6 is 11.8 Å². The predicted octanol–water partition coefficient (Wildman–Crippen LogP) is 4.97. The van der Waals surface area contributed by atoms with Gasteiger partial charge in [0.2, 0.25) is 11.1 Å². The lowest BCUT2D eigenvalue weighted by molar-refractivity contribution is -0.245. The van der Waals surface area contributed by atoms with Gasteiger partial charge in [0, 0.05) is 44.2 Å². The fourth-order valence-electron chi connectivity index (χ4n) is 5.15. The Labute approximate surface area is 266 Å². The Morgan fingerprint density at radius 3 is 2.42 bits per heavy atom. The number of aliphatic hydroxyl groups excluding tert-OH is 1. The van der Waals surface area contributed by atoms with Gasteiger partial charge in [0.25, 0.3) is 0 Å². The van der Waals surface area contributed by atoms with Crippen LogP contribution in [0, 0.1) is 0 Å². The molecule has 0 spiro atoms. The standard InChI is InChI=1S/C33H37N5O6S/c1-38-33(35-36-37-38)45-21-27-18-29(24-12-10-22(20-39)11-13-24)44-32(43-27)25-16-14-23(15-17-25)28-7-3-2-6-26(28)19-34-30(40)8-4-5-9-31(41)42/h2-3,6-7,10-17,27,29,32,39H,4-5,8-9,18-21H2,1H3,(H,34,40)(H,41,42)/t27-,29+,32+/m0/s1. The molecule has 1 aliphatic rings. The minimum Gasteiger partial charge on any atom is -0.481 e. The number of carboxylic acids is 1. The Hall–Kier alpha value is -4.10. The predicted molar refractivity (Wildman–Crippen MR) is 168 cm³/mol. The van der Waals surface area contributed by atoms with Gasteiger partial charge in [0.15, 0.2) is 6.29 Å². The van der Waals surface area contributed by atoms with Crippen LogP contribution in [0.25, 0.3) is 11.1 Å². The normalized spacial score (nSPS) is 18.0. The molecule has 0 aliphatic carbocycles. The second-order valence-electron chi connectivity index (χ2n) is 10.9. The van der Waals surface area contributed by atoms with Gasteiger partial charge >= 0.3 is 5.97 Å². The molecule has 3 atom stereocenters. The molecule has 0 unspecified atom stereocenters. The molecule has 1 fully saturated rings. The fraction of sp³-hybridized carbons (Fsp3) is 0.364. The lowest BCUT2D eigenvalue weighted by Gasteiger charge is -2.36. The number of aryl methyl sites for hydroxylation is 1. The van der Waals surface area contributed by atoms with E-state index in [4.69, 9.17) is 14.6 Å². The Balaban J connectivity index is 1.27. The van der Waals surface area contributed by atoms with Crippen LogP contribution < -0.4 is 5.32 Å². The van der Waals surface area contributed by atoms with E-state index in [-0.39, 0.29) is 31.1 Å². The van der Waals surface area contributed by atoms with Crippen molar-refractivity contribution in [1.29, 1.82) is 0 Å². The number of amides is 1. The number of unbranched alkanes of at least 4 members (excludes halogenated alkanes) is 1. The highest BCUT2D eigenvalue weighted by atomic mass is 32.2. The van der Waals surface area contributed by atoms with E-state index in [0.717, 1.165) is 33.4 Å². The molecule has 0 radical (unpaired) electrons. The lowest BCUT2D eigenvalue weighted by atomic mass is 9.97. The number of hydrogen-bond acceptors (Lipinski definition) is 9. The number of aromatic nitrogens is 4. The van der Waals surface area contributed by atoms with Crippen LogP contribution in [0.2, 0.25) is 0 Å². The summed E-state index contributed by atoms with van der Waals surface area (Å²) in [5.41, 5.74) is 5.74. The number of carbonyl (C=O) groups excluding carboxylic acids is 1. The van der Waals surface area contributed by atoms with Gasteiger partial charge in [-0.15, -0.1) is 5.10 Å². The largest absolute Gasteiger partial charge is 0.481 e. The van der Waals surface area contributed by atoms with E-state index in [1.54, 1.807) is 11.7 Å². The summed E-state index contributed by atoms with van der Waals surface area (Å²) < 4.78 is 14.6. The summed E-state index contributed by atoms with van der Waals surface area (Å²) in [7, 11) is 1.81. The molecule has 2 heterocycles. The van der Waals surface area contributed by atoms with Gasteiger partial charge in [-0.25, -0.2) is 4.68 Å². The molecule has 0 saturated carbocycles. The summed E-state index contributed by atoms with van der Waals surface area (Å²) in [6, 6.07) is 23.8. The molecule has 1 saturated heterocycles. The number of carbonyl (C=O) groups is 2. The first kappa shape index (κ1) is 32.3. The van der Waals surface area contributed by atoms with Crippen LogP contribution in [0.3, 0.4) is 0 Å². The van der Waals surface area contributed by atoms with Crippen molar-refractivity contribution in [2.45, 2.75) is 68.9 Å². The van der Waals surface area contributed by atoms with Crippen molar-refractivity contribution in [3.63, 3.8) is 0 Å². The van der Waals surface area contributed by atoms with Crippen molar-refractivity contribution in [2.24, 2.45) is 7.05 Å². The second-order valence-corrected chi connectivity index (χ2v) is 11.9. The van der Waals surface area contributed by atoms with Crippen molar-refractivity contribution < 1.29 is 29.3 Å². The first-order valence-electron chi connectivity index (χ1n) is 14.9. The number of nitrogens with one attached hydrogen (secondary N) is 1. The molecule has 0 bridgehead atoms. The second kappa shape index (κ2) is 15.8. The number of rotatable bonds is 14. The number of thioether (sulfide) groups is 1. The van der Waals surface area contributed by atoms with Crippen LogP contribution in [0.1, 0.15) is 66.8 Å². The van der Waals surface area contributed by atoms with Gasteiger partial charge in [0.05, 0.1) is 18.8 Å². The van der Waals surface area contributed by atoms with E-state index >= 15 is 0 Å². The molecule has 236 valence electrons. The van der Waals surface area contributed by atoms with E-state index in [1.165, 1.54) is 11.8 Å². The van der Waals surface area contributed by atoms with Crippen LogP contribution in [-0.4, -0.2) is 54.2 Å². The molecule has 1 aromatic heterocycles. The molecule has 11 nitrogen and oxygen atoms in total. The number of aliphatic carboxylic acids is 1. The number of hydrogen-bond donors (Lipinski definition) is 3. The number of benzene rings is 3. The van der Waals surface area contributed by atoms with E-state index in [0.29, 0.717) is 43.1 Å². The Kier molecular flexibility index (Phi) is 11.3. The summed E-state index contributed by atoms with van der Waals surface area (Å²) in [5, 5.41) is 33.6. The highest BCUT2D eigenvalue weighted by Gasteiger charge is 2.32. The zero-order valence-electron chi connectivity index (χ0n) is 25.0. The van der Waals surface area contributed by atoms with E-state index < -0.39 is 12.3 Å². The van der Waals surface area contributed by atoms with Gasteiger partial charge < -0.3 is 25.0 Å². The summed E-state index contributed by atoms with van der Waals surface area (Å²) in [6.07, 6.45) is 1.13. The van der Waals surface area contributed by atoms with E-state index in [9.17, 15) is 14.7 Å². The summed E-state index contributed by atoms with van der Waals surface area (Å²) in [4.78, 5) is 23.0. The van der Waals surface area contributed by atoms with Crippen LogP contribution in [0.5, 0.6) is 0 Å². The average molecular weight is 632 g/mol. The van der Waals surface area contributed by atoms with Crippen LogP contribution in [0.15, 0.2) is 78.0 Å². The van der Waals surface area contributed by atoms with Crippen molar-refractivity contribution in [3.8, 4) is 11.1 Å². The van der Waals surface area contributed by atoms with Gasteiger partial charge in [-0.1, -0.05) is 84.6 Å². The minimum absolute atomic E-state index is 0.0149.